The molecule has 0 aromatic heterocycles. The van der Waals surface area contributed by atoms with Gasteiger partial charge in [0.1, 0.15) is 11.6 Å². The Morgan fingerprint density at radius 3 is 2.46 bits per heavy atom. The van der Waals surface area contributed by atoms with E-state index in [9.17, 15) is 19.2 Å². The van der Waals surface area contributed by atoms with Crippen molar-refractivity contribution in [3.8, 4) is 0 Å². The number of hydrogen-bond acceptors (Lipinski definition) is 6. The molecule has 2 fully saturated rings. The fourth-order valence-corrected chi connectivity index (χ4v) is 3.44. The highest BCUT2D eigenvalue weighted by atomic mass is 16.6. The van der Waals surface area contributed by atoms with E-state index >= 15 is 0 Å². The normalized spacial score (nSPS) is 24.8. The minimum atomic E-state index is -0.811. The molecule has 0 bridgehead atoms. The third kappa shape index (κ3) is 5.75. The first-order valence-corrected chi connectivity index (χ1v) is 9.87. The molecule has 2 heterocycles. The van der Waals surface area contributed by atoms with Crippen LogP contribution in [-0.2, 0) is 23.9 Å². The van der Waals surface area contributed by atoms with Crippen LogP contribution in [0.25, 0.3) is 0 Å². The number of carbonyl (C=O) groups excluding carboxylic acids is 4. The van der Waals surface area contributed by atoms with Gasteiger partial charge in [-0.1, -0.05) is 13.8 Å². The molecule has 2 rings (SSSR count). The van der Waals surface area contributed by atoms with E-state index in [0.29, 0.717) is 26.0 Å². The minimum absolute atomic E-state index is 0.134. The number of nitrogens with one attached hydrogen (secondary N) is 3. The van der Waals surface area contributed by atoms with Crippen LogP contribution in [-0.4, -0.2) is 79.4 Å². The van der Waals surface area contributed by atoms with Crippen LogP contribution in [0.5, 0.6) is 0 Å². The maximum absolute atomic E-state index is 12.5. The van der Waals surface area contributed by atoms with Crippen molar-refractivity contribution in [1.82, 2.24) is 20.9 Å². The number of likely N-dealkylation sites (tertiary alicyclic amines) is 1. The molecule has 158 valence electrons. The molecule has 3 N–H and O–H groups in total. The average molecular weight is 396 g/mol. The molecule has 28 heavy (non-hydrogen) atoms. The third-order valence-corrected chi connectivity index (χ3v) is 5.08. The van der Waals surface area contributed by atoms with E-state index in [0.717, 1.165) is 6.42 Å². The first kappa shape index (κ1) is 22.3. The molecule has 2 saturated heterocycles. The number of nitrogens with zero attached hydrogens (tertiary/aromatic N) is 1. The SMILES string of the molecule is CNCC(=O)N1CCCC1C(=O)NCC(=O)NC(CC(C)C)C(=O)C1(C)CO1. The van der Waals surface area contributed by atoms with E-state index in [-0.39, 0.29) is 36.6 Å². The summed E-state index contributed by atoms with van der Waals surface area (Å²) in [4.78, 5) is 50.9. The quantitative estimate of drug-likeness (QED) is 0.416. The van der Waals surface area contributed by atoms with E-state index in [1.165, 1.54) is 0 Å². The van der Waals surface area contributed by atoms with Gasteiger partial charge in [0.2, 0.25) is 17.7 Å². The van der Waals surface area contributed by atoms with Crippen molar-refractivity contribution in [2.24, 2.45) is 5.92 Å². The second-order valence-electron chi connectivity index (χ2n) is 8.13. The zero-order valence-electron chi connectivity index (χ0n) is 17.2. The van der Waals surface area contributed by atoms with Crippen molar-refractivity contribution >= 4 is 23.5 Å². The summed E-state index contributed by atoms with van der Waals surface area (Å²) in [7, 11) is 1.68. The lowest BCUT2D eigenvalue weighted by Gasteiger charge is -2.24. The Labute approximate surface area is 165 Å². The molecule has 2 aliphatic heterocycles. The van der Waals surface area contributed by atoms with Crippen LogP contribution in [0.3, 0.4) is 0 Å². The molecule has 0 aliphatic carbocycles. The molecule has 9 nitrogen and oxygen atoms in total. The van der Waals surface area contributed by atoms with Gasteiger partial charge in [0.15, 0.2) is 5.78 Å². The van der Waals surface area contributed by atoms with Gasteiger partial charge in [-0.25, -0.2) is 0 Å². The zero-order valence-corrected chi connectivity index (χ0v) is 17.2. The molecule has 9 heteroatoms. The Morgan fingerprint density at radius 2 is 1.89 bits per heavy atom. The van der Waals surface area contributed by atoms with Gasteiger partial charge >= 0.3 is 0 Å². The van der Waals surface area contributed by atoms with Crippen LogP contribution in [0.4, 0.5) is 0 Å². The van der Waals surface area contributed by atoms with Gasteiger partial charge in [0.25, 0.3) is 0 Å². The van der Waals surface area contributed by atoms with Crippen LogP contribution in [0.15, 0.2) is 0 Å². The van der Waals surface area contributed by atoms with E-state index in [1.807, 2.05) is 13.8 Å². The largest absolute Gasteiger partial charge is 0.361 e. The number of ketones is 1. The molecule has 3 unspecified atom stereocenters. The Bertz CT molecular complexity index is 617. The summed E-state index contributed by atoms with van der Waals surface area (Å²) in [5.41, 5.74) is -0.811. The standard InChI is InChI=1S/C19H32N4O5/c1-12(2)8-13(17(26)19(3)11-28-19)22-15(24)9-21-18(27)14-6-5-7-23(14)16(25)10-20-4/h12-14,20H,5-11H2,1-4H3,(H,21,27)(H,22,24). The van der Waals surface area contributed by atoms with E-state index in [1.54, 1.807) is 18.9 Å². The summed E-state index contributed by atoms with van der Waals surface area (Å²) < 4.78 is 5.21. The van der Waals surface area contributed by atoms with Crippen molar-refractivity contribution in [3.05, 3.63) is 0 Å². The van der Waals surface area contributed by atoms with Gasteiger partial charge in [-0.15, -0.1) is 0 Å². The fourth-order valence-electron chi connectivity index (χ4n) is 3.44. The number of ether oxygens (including phenoxy) is 1. The van der Waals surface area contributed by atoms with E-state index < -0.39 is 23.6 Å². The highest BCUT2D eigenvalue weighted by Crippen LogP contribution is 2.29. The first-order chi connectivity index (χ1) is 13.2. The van der Waals surface area contributed by atoms with Crippen LogP contribution in [0.1, 0.15) is 40.0 Å². The molecule has 0 aromatic rings. The number of rotatable bonds is 10. The minimum Gasteiger partial charge on any atom is -0.361 e. The summed E-state index contributed by atoms with van der Waals surface area (Å²) in [5, 5.41) is 8.11. The summed E-state index contributed by atoms with van der Waals surface area (Å²) in [6.07, 6.45) is 1.84. The molecular weight excluding hydrogens is 364 g/mol. The smallest absolute Gasteiger partial charge is 0.243 e. The number of epoxide rings is 1. The van der Waals surface area contributed by atoms with Crippen LogP contribution >= 0.6 is 0 Å². The predicted molar refractivity (Wildman–Crippen MR) is 102 cm³/mol. The van der Waals surface area contributed by atoms with Crippen molar-refractivity contribution in [2.75, 3.05) is 33.3 Å². The topological polar surface area (TPSA) is 120 Å². The maximum atomic E-state index is 12.5. The van der Waals surface area contributed by atoms with Gasteiger partial charge in [-0.2, -0.15) is 0 Å². The Balaban J connectivity index is 1.86. The van der Waals surface area contributed by atoms with Gasteiger partial charge in [-0.05, 0) is 39.2 Å². The summed E-state index contributed by atoms with van der Waals surface area (Å²) in [5.74, 6) is -0.828. The molecule has 0 aromatic carbocycles. The van der Waals surface area contributed by atoms with Crippen LogP contribution < -0.4 is 16.0 Å². The molecule has 3 atom stereocenters. The molecule has 0 spiro atoms. The Kier molecular flexibility index (Phi) is 7.54. The van der Waals surface area contributed by atoms with Crippen LogP contribution in [0.2, 0.25) is 0 Å². The number of carbonyl (C=O) groups is 4. The Morgan fingerprint density at radius 1 is 1.21 bits per heavy atom. The lowest BCUT2D eigenvalue weighted by atomic mass is 9.93. The second-order valence-corrected chi connectivity index (χ2v) is 8.13. The second kappa shape index (κ2) is 9.47. The van der Waals surface area contributed by atoms with Crippen molar-refractivity contribution < 1.29 is 23.9 Å². The van der Waals surface area contributed by atoms with Crippen molar-refractivity contribution in [1.29, 1.82) is 0 Å². The lowest BCUT2D eigenvalue weighted by Crippen LogP contribution is -2.52. The van der Waals surface area contributed by atoms with Crippen molar-refractivity contribution in [3.63, 3.8) is 0 Å². The third-order valence-electron chi connectivity index (χ3n) is 5.08. The summed E-state index contributed by atoms with van der Waals surface area (Å²) in [6.45, 7) is 6.50. The lowest BCUT2D eigenvalue weighted by molar-refractivity contribution is -0.138. The van der Waals surface area contributed by atoms with Gasteiger partial charge in [0.05, 0.1) is 25.7 Å². The van der Waals surface area contributed by atoms with Gasteiger partial charge < -0.3 is 25.6 Å². The fraction of sp³-hybridized carbons (Fsp3) is 0.789. The molecule has 0 radical (unpaired) electrons. The molecule has 2 aliphatic rings. The average Bonchev–Trinajstić information content (AvgIpc) is 3.19. The molecule has 3 amide bonds. The summed E-state index contributed by atoms with van der Waals surface area (Å²) >= 11 is 0. The number of hydrogen-bond donors (Lipinski definition) is 3. The van der Waals surface area contributed by atoms with E-state index in [2.05, 4.69) is 16.0 Å². The van der Waals surface area contributed by atoms with E-state index in [4.69, 9.17) is 4.74 Å². The molecule has 0 saturated carbocycles. The van der Waals surface area contributed by atoms with Gasteiger partial charge in [-0.3, -0.25) is 19.2 Å². The maximum Gasteiger partial charge on any atom is 0.243 e. The van der Waals surface area contributed by atoms with Gasteiger partial charge in [0, 0.05) is 6.54 Å². The highest BCUT2D eigenvalue weighted by molar-refractivity contribution is 5.97. The number of likely N-dealkylation sites (N-methyl/N-ethyl adjacent to an activating group) is 1. The molecular formula is C19H32N4O5. The van der Waals surface area contributed by atoms with Crippen molar-refractivity contribution in [2.45, 2.75) is 57.7 Å². The highest BCUT2D eigenvalue weighted by Gasteiger charge is 2.50. The van der Waals surface area contributed by atoms with Crippen LogP contribution in [0, 0.1) is 5.92 Å². The number of Topliss-reactive ketones (excluding diaryl/α,β-unsaturated/α-hetero) is 1. The number of amides is 3. The first-order valence-electron chi connectivity index (χ1n) is 9.87. The predicted octanol–water partition coefficient (Wildman–Crippen LogP) is -0.798. The monoisotopic (exact) mass is 396 g/mol. The Hall–Kier alpha value is -2.00. The zero-order chi connectivity index (χ0) is 20.9. The summed E-state index contributed by atoms with van der Waals surface area (Å²) in [6, 6.07) is -1.20.